The molecule has 1 atom stereocenters. The Labute approximate surface area is 154 Å². The number of nitrogens with one attached hydrogen (secondary N) is 1. The molecule has 134 valence electrons. The van der Waals surface area contributed by atoms with Gasteiger partial charge in [-0.3, -0.25) is 14.6 Å². The molecule has 0 radical (unpaired) electrons. The van der Waals surface area contributed by atoms with Crippen LogP contribution in [0, 0.1) is 0 Å². The second-order valence-corrected chi connectivity index (χ2v) is 6.18. The number of furan rings is 1. The van der Waals surface area contributed by atoms with Crippen LogP contribution in [-0.4, -0.2) is 22.0 Å². The zero-order valence-corrected chi connectivity index (χ0v) is 14.3. The zero-order chi connectivity index (χ0) is 18.8. The molecular formula is C21H16N2O4. The monoisotopic (exact) mass is 360 g/mol. The highest BCUT2D eigenvalue weighted by molar-refractivity contribution is 6.04. The summed E-state index contributed by atoms with van der Waals surface area (Å²) in [6.07, 6.45) is 2.74. The van der Waals surface area contributed by atoms with Crippen LogP contribution in [0.25, 0.3) is 21.7 Å². The normalized spacial score (nSPS) is 12.1. The lowest BCUT2D eigenvalue weighted by atomic mass is 9.96. The van der Waals surface area contributed by atoms with Crippen LogP contribution >= 0.6 is 0 Å². The third-order valence-electron chi connectivity index (χ3n) is 4.48. The fourth-order valence-corrected chi connectivity index (χ4v) is 3.27. The summed E-state index contributed by atoms with van der Waals surface area (Å²) in [5, 5.41) is 14.7. The molecule has 0 fully saturated rings. The van der Waals surface area contributed by atoms with Gasteiger partial charge in [-0.1, -0.05) is 42.5 Å². The minimum absolute atomic E-state index is 0.205. The van der Waals surface area contributed by atoms with E-state index >= 15 is 0 Å². The molecular weight excluding hydrogens is 344 g/mol. The first-order chi connectivity index (χ1) is 13.1. The van der Waals surface area contributed by atoms with Crippen molar-refractivity contribution in [3.63, 3.8) is 0 Å². The fourth-order valence-electron chi connectivity index (χ4n) is 3.27. The van der Waals surface area contributed by atoms with Crippen LogP contribution in [0.5, 0.6) is 0 Å². The van der Waals surface area contributed by atoms with Gasteiger partial charge in [-0.15, -0.1) is 0 Å². The van der Waals surface area contributed by atoms with E-state index in [0.29, 0.717) is 11.0 Å². The number of benzene rings is 2. The maximum absolute atomic E-state index is 12.8. The molecule has 2 heterocycles. The quantitative estimate of drug-likeness (QED) is 0.563. The predicted molar refractivity (Wildman–Crippen MR) is 100 cm³/mol. The van der Waals surface area contributed by atoms with Gasteiger partial charge in [0.15, 0.2) is 0 Å². The number of carboxylic acids is 1. The van der Waals surface area contributed by atoms with Gasteiger partial charge < -0.3 is 14.8 Å². The Hall–Kier alpha value is -3.67. The number of pyridine rings is 1. The Morgan fingerprint density at radius 1 is 1.04 bits per heavy atom. The highest BCUT2D eigenvalue weighted by Crippen LogP contribution is 2.27. The Kier molecular flexibility index (Phi) is 4.30. The van der Waals surface area contributed by atoms with Gasteiger partial charge in [0.25, 0.3) is 5.91 Å². The van der Waals surface area contributed by atoms with Crippen LogP contribution in [0.2, 0.25) is 0 Å². The third kappa shape index (κ3) is 3.25. The lowest BCUT2D eigenvalue weighted by Crippen LogP contribution is -2.31. The number of aromatic nitrogens is 1. The van der Waals surface area contributed by atoms with Crippen molar-refractivity contribution in [1.82, 2.24) is 10.3 Å². The smallest absolute Gasteiger partial charge is 0.305 e. The van der Waals surface area contributed by atoms with Crippen molar-refractivity contribution in [2.75, 3.05) is 0 Å². The van der Waals surface area contributed by atoms with Crippen molar-refractivity contribution in [2.24, 2.45) is 0 Å². The number of fused-ring (bicyclic) bond motifs is 2. The number of aliphatic carboxylic acids is 1. The average molecular weight is 360 g/mol. The summed E-state index contributed by atoms with van der Waals surface area (Å²) in [6.45, 7) is 0. The van der Waals surface area contributed by atoms with Crippen LogP contribution in [0.4, 0.5) is 0 Å². The van der Waals surface area contributed by atoms with Gasteiger partial charge in [0.1, 0.15) is 11.3 Å². The van der Waals surface area contributed by atoms with Crippen LogP contribution in [-0.2, 0) is 4.79 Å². The highest BCUT2D eigenvalue weighted by atomic mass is 16.4. The van der Waals surface area contributed by atoms with Crippen molar-refractivity contribution in [3.05, 3.63) is 78.3 Å². The van der Waals surface area contributed by atoms with Crippen molar-refractivity contribution >= 4 is 33.6 Å². The van der Waals surface area contributed by atoms with Crippen molar-refractivity contribution in [2.45, 2.75) is 12.5 Å². The molecule has 27 heavy (non-hydrogen) atoms. The minimum atomic E-state index is -0.997. The molecule has 0 aliphatic heterocycles. The number of amides is 1. The molecule has 6 nitrogen and oxygen atoms in total. The number of carbonyl (C=O) groups is 2. The second kappa shape index (κ2) is 6.92. The lowest BCUT2D eigenvalue weighted by Gasteiger charge is -2.19. The van der Waals surface area contributed by atoms with E-state index < -0.39 is 17.9 Å². The molecule has 0 aliphatic rings. The SMILES string of the molecule is O=C(O)C[C@H](NC(=O)c1nccc2occc12)c1cccc2ccccc12. The number of hydrogen-bond donors (Lipinski definition) is 2. The Morgan fingerprint density at radius 2 is 1.85 bits per heavy atom. The van der Waals surface area contributed by atoms with Crippen LogP contribution < -0.4 is 5.32 Å². The summed E-state index contributed by atoms with van der Waals surface area (Å²) in [6, 6.07) is 16.0. The molecule has 4 aromatic rings. The summed E-state index contributed by atoms with van der Waals surface area (Å²) in [5.74, 6) is -1.44. The Balaban J connectivity index is 1.73. The number of carboxylic acid groups (broad SMARTS) is 1. The van der Waals surface area contributed by atoms with E-state index in [1.165, 1.54) is 12.5 Å². The molecule has 2 aromatic carbocycles. The summed E-state index contributed by atoms with van der Waals surface area (Å²) in [4.78, 5) is 28.4. The third-order valence-corrected chi connectivity index (χ3v) is 4.48. The largest absolute Gasteiger partial charge is 0.481 e. The number of carbonyl (C=O) groups excluding carboxylic acids is 1. The molecule has 0 spiro atoms. The molecule has 0 aliphatic carbocycles. The predicted octanol–water partition coefficient (Wildman–Crippen LogP) is 3.93. The zero-order valence-electron chi connectivity index (χ0n) is 14.3. The van der Waals surface area contributed by atoms with Gasteiger partial charge in [0.2, 0.25) is 0 Å². The molecule has 0 unspecified atom stereocenters. The van der Waals surface area contributed by atoms with E-state index in [-0.39, 0.29) is 12.1 Å². The first kappa shape index (κ1) is 16.8. The first-order valence-electron chi connectivity index (χ1n) is 8.46. The number of rotatable bonds is 5. The van der Waals surface area contributed by atoms with E-state index in [9.17, 15) is 14.7 Å². The van der Waals surface area contributed by atoms with E-state index in [1.807, 2.05) is 42.5 Å². The van der Waals surface area contributed by atoms with Gasteiger partial charge in [0, 0.05) is 6.20 Å². The first-order valence-corrected chi connectivity index (χ1v) is 8.46. The summed E-state index contributed by atoms with van der Waals surface area (Å²) in [7, 11) is 0. The molecule has 2 N–H and O–H groups in total. The molecule has 2 aromatic heterocycles. The minimum Gasteiger partial charge on any atom is -0.481 e. The van der Waals surface area contributed by atoms with Crippen molar-refractivity contribution in [3.8, 4) is 0 Å². The van der Waals surface area contributed by atoms with Crippen molar-refractivity contribution < 1.29 is 19.1 Å². The van der Waals surface area contributed by atoms with Gasteiger partial charge in [-0.2, -0.15) is 0 Å². The summed E-state index contributed by atoms with van der Waals surface area (Å²) in [5.41, 5.74) is 1.51. The summed E-state index contributed by atoms with van der Waals surface area (Å²) < 4.78 is 5.31. The lowest BCUT2D eigenvalue weighted by molar-refractivity contribution is -0.137. The topological polar surface area (TPSA) is 92.4 Å². The van der Waals surface area contributed by atoms with Crippen LogP contribution in [0.1, 0.15) is 28.5 Å². The van der Waals surface area contributed by atoms with E-state index in [0.717, 1.165) is 16.3 Å². The fraction of sp³-hybridized carbons (Fsp3) is 0.0952. The molecule has 4 rings (SSSR count). The standard InChI is InChI=1S/C21H16N2O4/c24-19(25)12-17(15-7-3-5-13-4-1-2-6-14(13)15)23-21(26)20-16-9-11-27-18(16)8-10-22-20/h1-11,17H,12H2,(H,23,26)(H,24,25)/t17-/m0/s1. The van der Waals surface area contributed by atoms with Crippen LogP contribution in [0.15, 0.2) is 71.5 Å². The maximum Gasteiger partial charge on any atom is 0.305 e. The molecule has 0 saturated heterocycles. The number of hydrogen-bond acceptors (Lipinski definition) is 4. The van der Waals surface area contributed by atoms with Gasteiger partial charge in [-0.25, -0.2) is 0 Å². The Bertz CT molecular complexity index is 1140. The van der Waals surface area contributed by atoms with Crippen molar-refractivity contribution in [1.29, 1.82) is 0 Å². The summed E-state index contributed by atoms with van der Waals surface area (Å²) >= 11 is 0. The molecule has 0 saturated carbocycles. The van der Waals surface area contributed by atoms with E-state index in [4.69, 9.17) is 4.42 Å². The van der Waals surface area contributed by atoms with Gasteiger partial charge in [-0.05, 0) is 28.5 Å². The van der Waals surface area contributed by atoms with Crippen LogP contribution in [0.3, 0.4) is 0 Å². The van der Waals surface area contributed by atoms with Gasteiger partial charge >= 0.3 is 5.97 Å². The average Bonchev–Trinajstić information content (AvgIpc) is 3.15. The van der Waals surface area contributed by atoms with Gasteiger partial charge in [0.05, 0.1) is 24.1 Å². The maximum atomic E-state index is 12.8. The molecule has 6 heteroatoms. The highest BCUT2D eigenvalue weighted by Gasteiger charge is 2.22. The number of nitrogens with zero attached hydrogens (tertiary/aromatic N) is 1. The molecule has 0 bridgehead atoms. The molecule has 1 amide bonds. The van der Waals surface area contributed by atoms with E-state index in [2.05, 4.69) is 10.3 Å². The Morgan fingerprint density at radius 3 is 2.70 bits per heavy atom. The second-order valence-electron chi connectivity index (χ2n) is 6.18. The van der Waals surface area contributed by atoms with E-state index in [1.54, 1.807) is 12.1 Å².